The van der Waals surface area contributed by atoms with Crippen LogP contribution in [0.4, 0.5) is 5.69 Å². The molecule has 0 fully saturated rings. The fourth-order valence-electron chi connectivity index (χ4n) is 1.72. The maximum atomic E-state index is 11.7. The zero-order valence-corrected chi connectivity index (χ0v) is 13.4. The van der Waals surface area contributed by atoms with E-state index in [0.29, 0.717) is 13.2 Å². The van der Waals surface area contributed by atoms with E-state index < -0.39 is 17.8 Å². The van der Waals surface area contributed by atoms with Crippen LogP contribution in [0.3, 0.4) is 0 Å². The van der Waals surface area contributed by atoms with Gasteiger partial charge in [0, 0.05) is 6.54 Å². The number of nitrogens with two attached hydrogens (primary N) is 1. The summed E-state index contributed by atoms with van der Waals surface area (Å²) in [5.74, 6) is -2.56. The molecule has 0 radical (unpaired) electrons. The van der Waals surface area contributed by atoms with Gasteiger partial charge in [0.15, 0.2) is 0 Å². The summed E-state index contributed by atoms with van der Waals surface area (Å²) in [6.45, 7) is 2.63. The molecule has 3 N–H and O–H groups in total. The molecule has 1 aromatic carbocycles. The number of nitrogens with zero attached hydrogens (tertiary/aromatic N) is 1. The molecule has 0 atom stereocenters. The summed E-state index contributed by atoms with van der Waals surface area (Å²) < 4.78 is 10.1. The number of hydrogen-bond acceptors (Lipinski definition) is 6. The zero-order chi connectivity index (χ0) is 17.4. The van der Waals surface area contributed by atoms with E-state index in [0.717, 1.165) is 0 Å². The average Bonchev–Trinajstić information content (AvgIpc) is 2.46. The van der Waals surface area contributed by atoms with Crippen LogP contribution >= 0.6 is 0 Å². The van der Waals surface area contributed by atoms with Crippen molar-refractivity contribution < 1.29 is 23.9 Å². The van der Waals surface area contributed by atoms with Gasteiger partial charge in [-0.3, -0.25) is 9.59 Å². The van der Waals surface area contributed by atoms with Crippen molar-refractivity contribution in [3.8, 4) is 5.75 Å². The minimum atomic E-state index is -1.04. The molecule has 8 nitrogen and oxygen atoms in total. The highest BCUT2D eigenvalue weighted by Crippen LogP contribution is 2.26. The molecule has 0 unspecified atom stereocenters. The van der Waals surface area contributed by atoms with Gasteiger partial charge in [0.05, 0.1) is 12.3 Å². The molecule has 1 aromatic rings. The van der Waals surface area contributed by atoms with Crippen molar-refractivity contribution in [2.24, 2.45) is 5.73 Å². The van der Waals surface area contributed by atoms with Crippen molar-refractivity contribution in [2.75, 3.05) is 39.2 Å². The third kappa shape index (κ3) is 5.59. The molecule has 0 aliphatic heterocycles. The van der Waals surface area contributed by atoms with Gasteiger partial charge in [-0.2, -0.15) is 0 Å². The molecule has 0 saturated heterocycles. The predicted octanol–water partition coefficient (Wildman–Crippen LogP) is 0.228. The lowest BCUT2D eigenvalue weighted by Crippen LogP contribution is -2.27. The van der Waals surface area contributed by atoms with Crippen molar-refractivity contribution in [3.63, 3.8) is 0 Å². The third-order valence-corrected chi connectivity index (χ3v) is 2.78. The Morgan fingerprint density at radius 3 is 2.52 bits per heavy atom. The van der Waals surface area contributed by atoms with Gasteiger partial charge < -0.3 is 25.4 Å². The first-order valence-corrected chi connectivity index (χ1v) is 7.05. The van der Waals surface area contributed by atoms with Gasteiger partial charge in [0.1, 0.15) is 17.9 Å². The van der Waals surface area contributed by atoms with Crippen LogP contribution in [0.5, 0.6) is 5.75 Å². The summed E-state index contributed by atoms with van der Waals surface area (Å²) in [7, 11) is 3.77. The number of esters is 1. The fraction of sp³-hybridized carbons (Fsp3) is 0.400. The molecule has 126 valence electrons. The van der Waals surface area contributed by atoms with Crippen LogP contribution in [0.15, 0.2) is 18.2 Å². The highest BCUT2D eigenvalue weighted by Gasteiger charge is 2.20. The average molecular weight is 323 g/mol. The molecule has 0 heterocycles. The Morgan fingerprint density at radius 2 is 1.96 bits per heavy atom. The largest absolute Gasteiger partial charge is 0.491 e. The Labute approximate surface area is 134 Å². The van der Waals surface area contributed by atoms with Gasteiger partial charge in [-0.05, 0) is 33.2 Å². The second-order valence-electron chi connectivity index (χ2n) is 4.87. The number of amides is 2. The molecular formula is C15H21N3O5. The molecule has 0 aliphatic rings. The number of carbonyl (C=O) groups excluding carboxylic acids is 3. The predicted molar refractivity (Wildman–Crippen MR) is 84.3 cm³/mol. The molecule has 23 heavy (non-hydrogen) atoms. The summed E-state index contributed by atoms with van der Waals surface area (Å²) in [6.07, 6.45) is 0. The van der Waals surface area contributed by atoms with E-state index in [9.17, 15) is 14.4 Å². The molecule has 0 spiro atoms. The van der Waals surface area contributed by atoms with E-state index in [1.807, 2.05) is 19.0 Å². The first-order chi connectivity index (χ1) is 10.9. The summed E-state index contributed by atoms with van der Waals surface area (Å²) in [6, 6.07) is 4.60. The minimum absolute atomic E-state index is 0.00362. The zero-order valence-electron chi connectivity index (χ0n) is 13.4. The Kier molecular flexibility index (Phi) is 7.01. The number of ether oxygens (including phenoxy) is 2. The van der Waals surface area contributed by atoms with E-state index in [-0.39, 0.29) is 23.6 Å². The van der Waals surface area contributed by atoms with Crippen molar-refractivity contribution in [3.05, 3.63) is 23.8 Å². The maximum absolute atomic E-state index is 11.7. The van der Waals surface area contributed by atoms with E-state index in [1.165, 1.54) is 6.07 Å². The lowest BCUT2D eigenvalue weighted by Gasteiger charge is -2.15. The van der Waals surface area contributed by atoms with E-state index in [2.05, 4.69) is 10.1 Å². The van der Waals surface area contributed by atoms with Gasteiger partial charge >= 0.3 is 11.9 Å². The van der Waals surface area contributed by atoms with Crippen LogP contribution in [0.25, 0.3) is 0 Å². The van der Waals surface area contributed by atoms with Crippen molar-refractivity contribution in [1.82, 2.24) is 4.90 Å². The lowest BCUT2D eigenvalue weighted by molar-refractivity contribution is -0.152. The number of nitrogens with one attached hydrogen (secondary N) is 1. The monoisotopic (exact) mass is 323 g/mol. The number of likely N-dealkylation sites (N-methyl/N-ethyl adjacent to an activating group) is 1. The third-order valence-electron chi connectivity index (χ3n) is 2.78. The molecule has 0 bridgehead atoms. The number of hydrogen-bond donors (Lipinski definition) is 2. The second-order valence-corrected chi connectivity index (χ2v) is 4.87. The highest BCUT2D eigenvalue weighted by molar-refractivity contribution is 6.37. The van der Waals surface area contributed by atoms with Crippen LogP contribution in [0.2, 0.25) is 0 Å². The first-order valence-electron chi connectivity index (χ1n) is 7.05. The van der Waals surface area contributed by atoms with Crippen LogP contribution < -0.4 is 15.8 Å². The van der Waals surface area contributed by atoms with Crippen LogP contribution in [-0.4, -0.2) is 56.5 Å². The summed E-state index contributed by atoms with van der Waals surface area (Å²) >= 11 is 0. The number of primary amides is 1. The summed E-state index contributed by atoms with van der Waals surface area (Å²) in [4.78, 5) is 36.7. The van der Waals surface area contributed by atoms with Crippen molar-refractivity contribution >= 4 is 23.5 Å². The minimum Gasteiger partial charge on any atom is -0.491 e. The quantitative estimate of drug-likeness (QED) is 0.549. The van der Waals surface area contributed by atoms with Crippen molar-refractivity contribution in [1.29, 1.82) is 0 Å². The summed E-state index contributed by atoms with van der Waals surface area (Å²) in [5, 5.41) is 2.31. The van der Waals surface area contributed by atoms with Crippen molar-refractivity contribution in [2.45, 2.75) is 6.92 Å². The fourth-order valence-corrected chi connectivity index (χ4v) is 1.72. The number of anilines is 1. The SMILES string of the molecule is CCOC(=O)C(=O)Nc1cccc(OCCN(C)C)c1C(N)=O. The van der Waals surface area contributed by atoms with Gasteiger partial charge in [-0.1, -0.05) is 6.07 Å². The Hall–Kier alpha value is -2.61. The standard InChI is InChI=1S/C15H21N3O5/c1-4-22-15(21)14(20)17-10-6-5-7-11(12(10)13(16)19)23-9-8-18(2)3/h5-7H,4,8-9H2,1-3H3,(H2,16,19)(H,17,20). The van der Waals surface area contributed by atoms with Crippen LogP contribution in [0.1, 0.15) is 17.3 Å². The van der Waals surface area contributed by atoms with Gasteiger partial charge in [0.2, 0.25) is 0 Å². The van der Waals surface area contributed by atoms with Gasteiger partial charge in [-0.15, -0.1) is 0 Å². The maximum Gasteiger partial charge on any atom is 0.397 e. The van der Waals surface area contributed by atoms with E-state index in [1.54, 1.807) is 19.1 Å². The van der Waals surface area contributed by atoms with E-state index in [4.69, 9.17) is 10.5 Å². The normalized spacial score (nSPS) is 10.3. The Bertz CT molecular complexity index is 586. The number of carbonyl (C=O) groups is 3. The van der Waals surface area contributed by atoms with Crippen LogP contribution in [0, 0.1) is 0 Å². The lowest BCUT2D eigenvalue weighted by atomic mass is 10.1. The second kappa shape index (κ2) is 8.74. The molecule has 2 amide bonds. The van der Waals surface area contributed by atoms with Gasteiger partial charge in [0.25, 0.3) is 5.91 Å². The topological polar surface area (TPSA) is 111 Å². The Morgan fingerprint density at radius 1 is 1.26 bits per heavy atom. The molecule has 8 heteroatoms. The smallest absolute Gasteiger partial charge is 0.397 e. The number of rotatable bonds is 7. The Balaban J connectivity index is 2.97. The van der Waals surface area contributed by atoms with Crippen LogP contribution in [-0.2, 0) is 14.3 Å². The molecule has 1 rings (SSSR count). The van der Waals surface area contributed by atoms with Gasteiger partial charge in [-0.25, -0.2) is 4.79 Å². The molecule has 0 aliphatic carbocycles. The molecular weight excluding hydrogens is 302 g/mol. The first kappa shape index (κ1) is 18.4. The highest BCUT2D eigenvalue weighted by atomic mass is 16.5. The summed E-state index contributed by atoms with van der Waals surface area (Å²) in [5.41, 5.74) is 5.46. The van der Waals surface area contributed by atoms with E-state index >= 15 is 0 Å². The number of benzene rings is 1. The molecule has 0 aromatic heterocycles. The molecule has 0 saturated carbocycles.